The van der Waals surface area contributed by atoms with E-state index in [4.69, 9.17) is 22.1 Å². The SMILES string of the molecule is CCCCOc1ccc(C(N)c2ccc(Cl)cc2)cc1. The predicted molar refractivity (Wildman–Crippen MR) is 84.3 cm³/mol. The zero-order valence-electron chi connectivity index (χ0n) is 11.7. The Labute approximate surface area is 125 Å². The van der Waals surface area contributed by atoms with Crippen LogP contribution >= 0.6 is 11.6 Å². The van der Waals surface area contributed by atoms with Crippen molar-refractivity contribution in [3.05, 3.63) is 64.7 Å². The van der Waals surface area contributed by atoms with Gasteiger partial charge in [-0.3, -0.25) is 0 Å². The van der Waals surface area contributed by atoms with Gasteiger partial charge in [0.05, 0.1) is 12.6 Å². The number of hydrogen-bond acceptors (Lipinski definition) is 2. The minimum atomic E-state index is -0.142. The van der Waals surface area contributed by atoms with E-state index in [1.807, 2.05) is 48.5 Å². The average molecular weight is 290 g/mol. The van der Waals surface area contributed by atoms with Crippen molar-refractivity contribution >= 4 is 11.6 Å². The Morgan fingerprint density at radius 1 is 1.00 bits per heavy atom. The molecule has 0 aliphatic rings. The van der Waals surface area contributed by atoms with Crippen molar-refractivity contribution in [3.8, 4) is 5.75 Å². The van der Waals surface area contributed by atoms with Crippen molar-refractivity contribution in [2.75, 3.05) is 6.61 Å². The quantitative estimate of drug-likeness (QED) is 0.791. The second-order valence-electron chi connectivity index (χ2n) is 4.80. The first-order valence-electron chi connectivity index (χ1n) is 6.94. The van der Waals surface area contributed by atoms with Crippen LogP contribution in [0, 0.1) is 0 Å². The van der Waals surface area contributed by atoms with Gasteiger partial charge in [-0.25, -0.2) is 0 Å². The summed E-state index contributed by atoms with van der Waals surface area (Å²) in [6, 6.07) is 15.5. The molecule has 3 heteroatoms. The first-order chi connectivity index (χ1) is 9.70. The first kappa shape index (κ1) is 14.9. The van der Waals surface area contributed by atoms with Crippen LogP contribution in [0.3, 0.4) is 0 Å². The lowest BCUT2D eigenvalue weighted by molar-refractivity contribution is 0.309. The Kier molecular flexibility index (Phi) is 5.45. The minimum absolute atomic E-state index is 0.142. The van der Waals surface area contributed by atoms with Crippen molar-refractivity contribution < 1.29 is 4.74 Å². The third-order valence-electron chi connectivity index (χ3n) is 3.23. The molecule has 0 aliphatic carbocycles. The van der Waals surface area contributed by atoms with Crippen LogP contribution in [0.25, 0.3) is 0 Å². The molecule has 106 valence electrons. The van der Waals surface area contributed by atoms with E-state index in [1.165, 1.54) is 0 Å². The maximum Gasteiger partial charge on any atom is 0.119 e. The van der Waals surface area contributed by atoms with Crippen molar-refractivity contribution in [1.29, 1.82) is 0 Å². The second kappa shape index (κ2) is 7.32. The van der Waals surface area contributed by atoms with E-state index in [-0.39, 0.29) is 6.04 Å². The molecule has 0 saturated carbocycles. The van der Waals surface area contributed by atoms with Gasteiger partial charge in [-0.15, -0.1) is 0 Å². The molecule has 20 heavy (non-hydrogen) atoms. The molecule has 0 amide bonds. The van der Waals surface area contributed by atoms with E-state index < -0.39 is 0 Å². The Morgan fingerprint density at radius 2 is 1.55 bits per heavy atom. The number of hydrogen-bond donors (Lipinski definition) is 1. The zero-order chi connectivity index (χ0) is 14.4. The summed E-state index contributed by atoms with van der Waals surface area (Å²) in [5.74, 6) is 0.894. The molecule has 2 aromatic rings. The fourth-order valence-corrected chi connectivity index (χ4v) is 2.09. The number of halogens is 1. The lowest BCUT2D eigenvalue weighted by Crippen LogP contribution is -2.11. The second-order valence-corrected chi connectivity index (χ2v) is 5.24. The average Bonchev–Trinajstić information content (AvgIpc) is 2.48. The number of unbranched alkanes of at least 4 members (excludes halogenated alkanes) is 1. The number of nitrogens with two attached hydrogens (primary N) is 1. The van der Waals surface area contributed by atoms with E-state index in [2.05, 4.69) is 6.92 Å². The fourth-order valence-electron chi connectivity index (χ4n) is 1.97. The highest BCUT2D eigenvalue weighted by molar-refractivity contribution is 6.30. The van der Waals surface area contributed by atoms with Gasteiger partial charge in [-0.2, -0.15) is 0 Å². The van der Waals surface area contributed by atoms with Crippen molar-refractivity contribution in [3.63, 3.8) is 0 Å². The van der Waals surface area contributed by atoms with Gasteiger partial charge < -0.3 is 10.5 Å². The molecule has 0 radical (unpaired) electrons. The standard InChI is InChI=1S/C17H20ClNO/c1-2-3-12-20-16-10-6-14(7-11-16)17(19)13-4-8-15(18)9-5-13/h4-11,17H,2-3,12,19H2,1H3. The van der Waals surface area contributed by atoms with Crippen LogP contribution in [0.4, 0.5) is 0 Å². The molecule has 0 aromatic heterocycles. The molecule has 1 atom stereocenters. The summed E-state index contributed by atoms with van der Waals surface area (Å²) < 4.78 is 5.64. The monoisotopic (exact) mass is 289 g/mol. The van der Waals surface area contributed by atoms with Gasteiger partial charge in [0.15, 0.2) is 0 Å². The molecule has 0 aliphatic heterocycles. The number of benzene rings is 2. The highest BCUT2D eigenvalue weighted by Crippen LogP contribution is 2.23. The lowest BCUT2D eigenvalue weighted by Gasteiger charge is -2.13. The maximum absolute atomic E-state index is 6.25. The molecule has 0 fully saturated rings. The van der Waals surface area contributed by atoms with Crippen LogP contribution in [0.2, 0.25) is 5.02 Å². The molecule has 0 heterocycles. The summed E-state index contributed by atoms with van der Waals surface area (Å²) in [7, 11) is 0. The Morgan fingerprint density at radius 3 is 2.10 bits per heavy atom. The molecule has 0 spiro atoms. The fraction of sp³-hybridized carbons (Fsp3) is 0.294. The van der Waals surface area contributed by atoms with Crippen LogP contribution in [0.1, 0.15) is 36.9 Å². The Bertz CT molecular complexity index is 522. The molecule has 2 N–H and O–H groups in total. The van der Waals surface area contributed by atoms with E-state index >= 15 is 0 Å². The highest BCUT2D eigenvalue weighted by Gasteiger charge is 2.08. The number of rotatable bonds is 6. The van der Waals surface area contributed by atoms with Crippen molar-refractivity contribution in [2.24, 2.45) is 5.73 Å². The zero-order valence-corrected chi connectivity index (χ0v) is 12.4. The summed E-state index contributed by atoms with van der Waals surface area (Å²) in [5, 5.41) is 0.723. The highest BCUT2D eigenvalue weighted by atomic mass is 35.5. The van der Waals surface area contributed by atoms with E-state index in [0.717, 1.165) is 41.3 Å². The normalized spacial score (nSPS) is 12.2. The van der Waals surface area contributed by atoms with Gasteiger partial charge in [0.25, 0.3) is 0 Å². The summed E-state index contributed by atoms with van der Waals surface area (Å²) >= 11 is 5.89. The van der Waals surface area contributed by atoms with E-state index in [9.17, 15) is 0 Å². The van der Waals surface area contributed by atoms with Crippen LogP contribution in [-0.2, 0) is 0 Å². The molecular formula is C17H20ClNO. The smallest absolute Gasteiger partial charge is 0.119 e. The number of ether oxygens (including phenoxy) is 1. The van der Waals surface area contributed by atoms with E-state index in [0.29, 0.717) is 0 Å². The van der Waals surface area contributed by atoms with Gasteiger partial charge >= 0.3 is 0 Å². The molecular weight excluding hydrogens is 270 g/mol. The summed E-state index contributed by atoms with van der Waals surface area (Å²) in [4.78, 5) is 0. The van der Waals surface area contributed by atoms with Crippen LogP contribution < -0.4 is 10.5 Å². The first-order valence-corrected chi connectivity index (χ1v) is 7.32. The van der Waals surface area contributed by atoms with Gasteiger partial charge in [-0.05, 0) is 41.8 Å². The van der Waals surface area contributed by atoms with Gasteiger partial charge in [0.1, 0.15) is 5.75 Å². The molecule has 0 saturated heterocycles. The lowest BCUT2D eigenvalue weighted by atomic mass is 10.00. The maximum atomic E-state index is 6.25. The Hall–Kier alpha value is -1.51. The minimum Gasteiger partial charge on any atom is -0.494 e. The third kappa shape index (κ3) is 3.99. The molecule has 2 nitrogen and oxygen atoms in total. The van der Waals surface area contributed by atoms with Gasteiger partial charge in [0.2, 0.25) is 0 Å². The molecule has 1 unspecified atom stereocenters. The largest absolute Gasteiger partial charge is 0.494 e. The Balaban J connectivity index is 2.03. The van der Waals surface area contributed by atoms with Crippen LogP contribution in [0.5, 0.6) is 5.75 Å². The van der Waals surface area contributed by atoms with Crippen LogP contribution in [0.15, 0.2) is 48.5 Å². The van der Waals surface area contributed by atoms with Gasteiger partial charge in [-0.1, -0.05) is 49.2 Å². The topological polar surface area (TPSA) is 35.2 Å². The molecule has 2 rings (SSSR count). The molecule has 2 aromatic carbocycles. The van der Waals surface area contributed by atoms with Crippen molar-refractivity contribution in [2.45, 2.75) is 25.8 Å². The summed E-state index contributed by atoms with van der Waals surface area (Å²) in [5.41, 5.74) is 8.37. The van der Waals surface area contributed by atoms with E-state index in [1.54, 1.807) is 0 Å². The summed E-state index contributed by atoms with van der Waals surface area (Å²) in [6.07, 6.45) is 2.21. The molecule has 0 bridgehead atoms. The predicted octanol–water partition coefficient (Wildman–Crippen LogP) is 4.57. The van der Waals surface area contributed by atoms with Gasteiger partial charge in [0, 0.05) is 5.02 Å². The van der Waals surface area contributed by atoms with Crippen molar-refractivity contribution in [1.82, 2.24) is 0 Å². The summed E-state index contributed by atoms with van der Waals surface area (Å²) in [6.45, 7) is 2.91. The van der Waals surface area contributed by atoms with Crippen LogP contribution in [-0.4, -0.2) is 6.61 Å². The third-order valence-corrected chi connectivity index (χ3v) is 3.49.